The zero-order valence-corrected chi connectivity index (χ0v) is 5.96. The lowest BCUT2D eigenvalue weighted by atomic mass is 10.2. The van der Waals surface area contributed by atoms with E-state index in [-0.39, 0.29) is 12.1 Å². The Morgan fingerprint density at radius 2 is 2.50 bits per heavy atom. The highest BCUT2D eigenvalue weighted by Gasteiger charge is 2.24. The molecule has 4 heteroatoms. The SMILES string of the molecule is CC1OCCC1NC(N)=O. The average Bonchev–Trinajstić information content (AvgIpc) is 2.15. The zero-order valence-electron chi connectivity index (χ0n) is 5.96. The van der Waals surface area contributed by atoms with Crippen molar-refractivity contribution in [2.24, 2.45) is 5.73 Å². The standard InChI is InChI=1S/C6H12N2O2/c1-4-5(2-3-10-4)8-6(7)9/h4-5H,2-3H2,1H3,(H3,7,8,9). The van der Waals surface area contributed by atoms with Crippen LogP contribution in [0, 0.1) is 0 Å². The largest absolute Gasteiger partial charge is 0.376 e. The van der Waals surface area contributed by atoms with E-state index in [9.17, 15) is 4.79 Å². The third-order valence-corrected chi connectivity index (χ3v) is 1.70. The molecule has 1 rings (SSSR count). The van der Waals surface area contributed by atoms with E-state index in [2.05, 4.69) is 5.32 Å². The molecule has 1 saturated heterocycles. The Morgan fingerprint density at radius 1 is 1.80 bits per heavy atom. The second-order valence-corrected chi connectivity index (χ2v) is 2.48. The van der Waals surface area contributed by atoms with E-state index in [1.54, 1.807) is 0 Å². The summed E-state index contributed by atoms with van der Waals surface area (Å²) in [6.45, 7) is 2.64. The molecule has 10 heavy (non-hydrogen) atoms. The van der Waals surface area contributed by atoms with Gasteiger partial charge >= 0.3 is 6.03 Å². The minimum Gasteiger partial charge on any atom is -0.376 e. The summed E-state index contributed by atoms with van der Waals surface area (Å²) in [4.78, 5) is 10.4. The highest BCUT2D eigenvalue weighted by atomic mass is 16.5. The number of hydrogen-bond acceptors (Lipinski definition) is 2. The summed E-state index contributed by atoms with van der Waals surface area (Å²) in [6, 6.07) is -0.361. The predicted octanol–water partition coefficient (Wildman–Crippen LogP) is -0.168. The first-order valence-corrected chi connectivity index (χ1v) is 3.37. The third-order valence-electron chi connectivity index (χ3n) is 1.70. The van der Waals surface area contributed by atoms with Gasteiger partial charge in [-0.3, -0.25) is 0 Å². The fraction of sp³-hybridized carbons (Fsp3) is 0.833. The molecule has 0 bridgehead atoms. The van der Waals surface area contributed by atoms with Crippen LogP contribution >= 0.6 is 0 Å². The molecule has 0 aromatic carbocycles. The van der Waals surface area contributed by atoms with Gasteiger partial charge in [-0.15, -0.1) is 0 Å². The van der Waals surface area contributed by atoms with Gasteiger partial charge in [0.2, 0.25) is 0 Å². The quantitative estimate of drug-likeness (QED) is 0.536. The minimum atomic E-state index is -0.470. The molecule has 2 atom stereocenters. The number of amides is 2. The van der Waals surface area contributed by atoms with Gasteiger partial charge in [0, 0.05) is 6.61 Å². The predicted molar refractivity (Wildman–Crippen MR) is 36.5 cm³/mol. The molecule has 0 aliphatic carbocycles. The molecule has 0 radical (unpaired) electrons. The van der Waals surface area contributed by atoms with E-state index in [1.807, 2.05) is 6.92 Å². The number of nitrogens with two attached hydrogens (primary N) is 1. The highest BCUT2D eigenvalue weighted by molar-refractivity contribution is 5.72. The molecular weight excluding hydrogens is 132 g/mol. The maximum absolute atomic E-state index is 10.4. The molecule has 0 aromatic heterocycles. The second kappa shape index (κ2) is 2.88. The molecule has 2 amide bonds. The van der Waals surface area contributed by atoms with Crippen molar-refractivity contribution in [2.45, 2.75) is 25.5 Å². The smallest absolute Gasteiger partial charge is 0.312 e. The topological polar surface area (TPSA) is 64.3 Å². The maximum Gasteiger partial charge on any atom is 0.312 e. The lowest BCUT2D eigenvalue weighted by Gasteiger charge is -2.13. The van der Waals surface area contributed by atoms with Crippen molar-refractivity contribution >= 4 is 6.03 Å². The number of carbonyl (C=O) groups excluding carboxylic acids is 1. The normalized spacial score (nSPS) is 32.1. The summed E-state index contributed by atoms with van der Waals surface area (Å²) >= 11 is 0. The van der Waals surface area contributed by atoms with Crippen molar-refractivity contribution in [1.29, 1.82) is 0 Å². The average molecular weight is 144 g/mol. The Hall–Kier alpha value is -0.770. The van der Waals surface area contributed by atoms with Crippen LogP contribution in [0.2, 0.25) is 0 Å². The molecular formula is C6H12N2O2. The van der Waals surface area contributed by atoms with Crippen LogP contribution in [0.5, 0.6) is 0 Å². The summed E-state index contributed by atoms with van der Waals surface area (Å²) < 4.78 is 5.20. The molecule has 1 fully saturated rings. The molecule has 1 aliphatic heterocycles. The van der Waals surface area contributed by atoms with Crippen LogP contribution in [-0.2, 0) is 4.74 Å². The van der Waals surface area contributed by atoms with Crippen LogP contribution in [0.4, 0.5) is 4.79 Å². The summed E-state index contributed by atoms with van der Waals surface area (Å²) in [5, 5.41) is 2.61. The van der Waals surface area contributed by atoms with Crippen LogP contribution in [0.25, 0.3) is 0 Å². The summed E-state index contributed by atoms with van der Waals surface area (Å²) in [5.74, 6) is 0. The number of urea groups is 1. The number of primary amides is 1. The van der Waals surface area contributed by atoms with Crippen molar-refractivity contribution in [1.82, 2.24) is 5.32 Å². The maximum atomic E-state index is 10.4. The van der Waals surface area contributed by atoms with Gasteiger partial charge in [-0.2, -0.15) is 0 Å². The lowest BCUT2D eigenvalue weighted by Crippen LogP contribution is -2.42. The van der Waals surface area contributed by atoms with Gasteiger partial charge in [-0.1, -0.05) is 0 Å². The van der Waals surface area contributed by atoms with Gasteiger partial charge < -0.3 is 15.8 Å². The van der Waals surface area contributed by atoms with E-state index < -0.39 is 6.03 Å². The molecule has 1 aliphatic rings. The molecule has 0 aromatic rings. The zero-order chi connectivity index (χ0) is 7.56. The fourth-order valence-electron chi connectivity index (χ4n) is 1.10. The van der Waals surface area contributed by atoms with E-state index >= 15 is 0 Å². The third kappa shape index (κ3) is 1.60. The van der Waals surface area contributed by atoms with Gasteiger partial charge in [0.15, 0.2) is 0 Å². The number of carbonyl (C=O) groups is 1. The molecule has 0 saturated carbocycles. The number of rotatable bonds is 1. The summed E-state index contributed by atoms with van der Waals surface area (Å²) in [7, 11) is 0. The van der Waals surface area contributed by atoms with Crippen LogP contribution in [0.15, 0.2) is 0 Å². The van der Waals surface area contributed by atoms with E-state index in [1.165, 1.54) is 0 Å². The molecule has 0 spiro atoms. The van der Waals surface area contributed by atoms with Crippen molar-refractivity contribution in [3.63, 3.8) is 0 Å². The molecule has 3 N–H and O–H groups in total. The minimum absolute atomic E-state index is 0.104. The Kier molecular flexibility index (Phi) is 2.11. The number of hydrogen-bond donors (Lipinski definition) is 2. The Balaban J connectivity index is 2.33. The second-order valence-electron chi connectivity index (χ2n) is 2.48. The van der Waals surface area contributed by atoms with Gasteiger partial charge in [-0.25, -0.2) is 4.79 Å². The Bertz CT molecular complexity index is 138. The first-order chi connectivity index (χ1) is 4.70. The molecule has 1 heterocycles. The van der Waals surface area contributed by atoms with Crippen molar-refractivity contribution in [2.75, 3.05) is 6.61 Å². The van der Waals surface area contributed by atoms with E-state index in [0.29, 0.717) is 6.61 Å². The Morgan fingerprint density at radius 3 is 2.90 bits per heavy atom. The lowest BCUT2D eigenvalue weighted by molar-refractivity contribution is 0.114. The van der Waals surface area contributed by atoms with Crippen LogP contribution in [0.3, 0.4) is 0 Å². The van der Waals surface area contributed by atoms with Gasteiger partial charge in [-0.05, 0) is 13.3 Å². The Labute approximate surface area is 59.7 Å². The molecule has 4 nitrogen and oxygen atoms in total. The van der Waals surface area contributed by atoms with E-state index in [0.717, 1.165) is 6.42 Å². The first kappa shape index (κ1) is 7.34. The van der Waals surface area contributed by atoms with E-state index in [4.69, 9.17) is 10.5 Å². The number of nitrogens with one attached hydrogen (secondary N) is 1. The van der Waals surface area contributed by atoms with Crippen LogP contribution in [0.1, 0.15) is 13.3 Å². The molecule has 58 valence electrons. The van der Waals surface area contributed by atoms with Gasteiger partial charge in [0.1, 0.15) is 0 Å². The van der Waals surface area contributed by atoms with Crippen LogP contribution < -0.4 is 11.1 Å². The van der Waals surface area contributed by atoms with Crippen molar-refractivity contribution in [3.05, 3.63) is 0 Å². The van der Waals surface area contributed by atoms with Crippen molar-refractivity contribution in [3.8, 4) is 0 Å². The fourth-order valence-corrected chi connectivity index (χ4v) is 1.10. The highest BCUT2D eigenvalue weighted by Crippen LogP contribution is 2.11. The summed E-state index contributed by atoms with van der Waals surface area (Å²) in [5.41, 5.74) is 4.93. The summed E-state index contributed by atoms with van der Waals surface area (Å²) in [6.07, 6.45) is 0.969. The first-order valence-electron chi connectivity index (χ1n) is 3.37. The number of ether oxygens (including phenoxy) is 1. The molecule has 2 unspecified atom stereocenters. The van der Waals surface area contributed by atoms with Crippen molar-refractivity contribution < 1.29 is 9.53 Å². The van der Waals surface area contributed by atoms with Gasteiger partial charge in [0.05, 0.1) is 12.1 Å². The van der Waals surface area contributed by atoms with Crippen LogP contribution in [-0.4, -0.2) is 24.8 Å². The monoisotopic (exact) mass is 144 g/mol. The van der Waals surface area contributed by atoms with Gasteiger partial charge in [0.25, 0.3) is 0 Å².